The summed E-state index contributed by atoms with van der Waals surface area (Å²) in [4.78, 5) is 26.3. The SMILES string of the molecule is Cc1sc2c(c1C(=O)c1ccc(Cl)s1)CCC2CC(=O)O. The molecule has 0 fully saturated rings. The summed E-state index contributed by atoms with van der Waals surface area (Å²) in [5.41, 5.74) is 1.82. The molecule has 3 nitrogen and oxygen atoms in total. The third-order valence-electron chi connectivity index (χ3n) is 3.77. The van der Waals surface area contributed by atoms with Gasteiger partial charge < -0.3 is 5.11 Å². The van der Waals surface area contributed by atoms with E-state index in [9.17, 15) is 9.59 Å². The van der Waals surface area contributed by atoms with Gasteiger partial charge in [-0.15, -0.1) is 22.7 Å². The summed E-state index contributed by atoms with van der Waals surface area (Å²) in [6.07, 6.45) is 1.75. The van der Waals surface area contributed by atoms with Gasteiger partial charge >= 0.3 is 5.97 Å². The number of rotatable bonds is 4. The van der Waals surface area contributed by atoms with Crippen LogP contribution in [0.2, 0.25) is 4.34 Å². The molecule has 110 valence electrons. The Kier molecular flexibility index (Phi) is 3.90. The van der Waals surface area contributed by atoms with Gasteiger partial charge in [0, 0.05) is 21.2 Å². The molecule has 0 bridgehead atoms. The fraction of sp³-hybridized carbons (Fsp3) is 0.333. The molecule has 2 heterocycles. The lowest BCUT2D eigenvalue weighted by Crippen LogP contribution is -2.02. The first-order valence-electron chi connectivity index (χ1n) is 6.61. The predicted molar refractivity (Wildman–Crippen MR) is 85.1 cm³/mol. The molecule has 1 aliphatic rings. The molecule has 2 aromatic heterocycles. The number of aryl methyl sites for hydroxylation is 1. The van der Waals surface area contributed by atoms with Crippen molar-refractivity contribution >= 4 is 46.0 Å². The van der Waals surface area contributed by atoms with Crippen molar-refractivity contribution in [3.8, 4) is 0 Å². The largest absolute Gasteiger partial charge is 0.481 e. The second kappa shape index (κ2) is 5.55. The molecule has 3 rings (SSSR count). The quantitative estimate of drug-likeness (QED) is 0.833. The maximum absolute atomic E-state index is 12.7. The molecule has 1 N–H and O–H groups in total. The van der Waals surface area contributed by atoms with Crippen molar-refractivity contribution < 1.29 is 14.7 Å². The van der Waals surface area contributed by atoms with E-state index in [0.29, 0.717) is 9.21 Å². The van der Waals surface area contributed by atoms with Crippen LogP contribution in [0.25, 0.3) is 0 Å². The van der Waals surface area contributed by atoms with Crippen LogP contribution in [0.5, 0.6) is 0 Å². The van der Waals surface area contributed by atoms with Crippen LogP contribution in [0, 0.1) is 6.92 Å². The number of hydrogen-bond acceptors (Lipinski definition) is 4. The van der Waals surface area contributed by atoms with E-state index in [2.05, 4.69) is 0 Å². The van der Waals surface area contributed by atoms with Gasteiger partial charge in [-0.3, -0.25) is 9.59 Å². The Hall–Kier alpha value is -1.17. The summed E-state index contributed by atoms with van der Waals surface area (Å²) in [5.74, 6) is -0.718. The number of carbonyl (C=O) groups excluding carboxylic acids is 1. The molecule has 0 aromatic carbocycles. The van der Waals surface area contributed by atoms with Crippen LogP contribution in [0.1, 0.15) is 49.3 Å². The molecule has 0 saturated heterocycles. The highest BCUT2D eigenvalue weighted by Gasteiger charge is 2.32. The van der Waals surface area contributed by atoms with Crippen LogP contribution in [0.15, 0.2) is 12.1 Å². The maximum atomic E-state index is 12.7. The number of carboxylic acids is 1. The standard InChI is InChI=1S/C15H13ClO3S2/c1-7-13(14(19)10-4-5-11(16)21-10)9-3-2-8(6-12(17)18)15(9)20-7/h4-5,8H,2-3,6H2,1H3,(H,17,18). The maximum Gasteiger partial charge on any atom is 0.303 e. The zero-order valence-electron chi connectivity index (χ0n) is 11.3. The average molecular weight is 341 g/mol. The number of fused-ring (bicyclic) bond motifs is 1. The zero-order valence-corrected chi connectivity index (χ0v) is 13.7. The fourth-order valence-electron chi connectivity index (χ4n) is 2.90. The van der Waals surface area contributed by atoms with Crippen LogP contribution in [-0.2, 0) is 11.2 Å². The van der Waals surface area contributed by atoms with Crippen LogP contribution in [0.3, 0.4) is 0 Å². The molecule has 1 aliphatic carbocycles. The molecule has 2 aromatic rings. The van der Waals surface area contributed by atoms with E-state index in [1.165, 1.54) is 11.3 Å². The fourth-order valence-corrected chi connectivity index (χ4v) is 5.24. The van der Waals surface area contributed by atoms with Crippen molar-refractivity contribution in [2.24, 2.45) is 0 Å². The van der Waals surface area contributed by atoms with E-state index in [1.54, 1.807) is 23.5 Å². The van der Waals surface area contributed by atoms with Gasteiger partial charge in [0.1, 0.15) is 0 Å². The minimum absolute atomic E-state index is 0.0119. The van der Waals surface area contributed by atoms with E-state index < -0.39 is 5.97 Å². The van der Waals surface area contributed by atoms with Gasteiger partial charge in [0.15, 0.2) is 0 Å². The molecular weight excluding hydrogens is 328 g/mol. The molecule has 0 saturated carbocycles. The van der Waals surface area contributed by atoms with Crippen molar-refractivity contribution in [1.82, 2.24) is 0 Å². The highest BCUT2D eigenvalue weighted by molar-refractivity contribution is 7.18. The number of thiophene rings is 2. The van der Waals surface area contributed by atoms with Crippen LogP contribution >= 0.6 is 34.3 Å². The topological polar surface area (TPSA) is 54.4 Å². The van der Waals surface area contributed by atoms with Gasteiger partial charge in [-0.25, -0.2) is 0 Å². The predicted octanol–water partition coefficient (Wildman–Crippen LogP) is 4.51. The Morgan fingerprint density at radius 3 is 2.76 bits per heavy atom. The first kappa shape index (κ1) is 14.8. The number of carboxylic acid groups (broad SMARTS) is 1. The van der Waals surface area contributed by atoms with Gasteiger partial charge in [-0.2, -0.15) is 0 Å². The highest BCUT2D eigenvalue weighted by Crippen LogP contribution is 2.44. The van der Waals surface area contributed by atoms with Gasteiger partial charge in [-0.05, 0) is 37.5 Å². The zero-order chi connectivity index (χ0) is 15.1. The molecule has 1 atom stereocenters. The van der Waals surface area contributed by atoms with E-state index in [1.807, 2.05) is 6.92 Å². The number of halogens is 1. The third-order valence-corrected chi connectivity index (χ3v) is 6.31. The molecular formula is C15H13ClO3S2. The molecule has 0 spiro atoms. The van der Waals surface area contributed by atoms with Crippen molar-refractivity contribution in [2.75, 3.05) is 0 Å². The second-order valence-electron chi connectivity index (χ2n) is 5.14. The van der Waals surface area contributed by atoms with Gasteiger partial charge in [0.05, 0.1) is 15.6 Å². The molecule has 0 radical (unpaired) electrons. The number of ketones is 1. The van der Waals surface area contributed by atoms with E-state index in [0.717, 1.165) is 33.7 Å². The monoisotopic (exact) mass is 340 g/mol. The Balaban J connectivity index is 1.98. The van der Waals surface area contributed by atoms with Crippen LogP contribution in [0.4, 0.5) is 0 Å². The average Bonchev–Trinajstić information content (AvgIpc) is 3.06. The lowest BCUT2D eigenvalue weighted by Gasteiger charge is -2.04. The van der Waals surface area contributed by atoms with Crippen molar-refractivity contribution in [2.45, 2.75) is 32.1 Å². The molecule has 0 amide bonds. The van der Waals surface area contributed by atoms with Gasteiger partial charge in [0.25, 0.3) is 0 Å². The number of carbonyl (C=O) groups is 2. The third kappa shape index (κ3) is 2.65. The number of aliphatic carboxylic acids is 1. The van der Waals surface area contributed by atoms with Crippen molar-refractivity contribution in [3.63, 3.8) is 0 Å². The summed E-state index contributed by atoms with van der Waals surface area (Å²) in [6.45, 7) is 1.93. The smallest absolute Gasteiger partial charge is 0.303 e. The normalized spacial score (nSPS) is 17.0. The highest BCUT2D eigenvalue weighted by atomic mass is 35.5. The Labute approximate surface area is 135 Å². The molecule has 6 heteroatoms. The van der Waals surface area contributed by atoms with E-state index >= 15 is 0 Å². The van der Waals surface area contributed by atoms with Gasteiger partial charge in [0.2, 0.25) is 5.78 Å². The summed E-state index contributed by atoms with van der Waals surface area (Å²) >= 11 is 8.76. The Morgan fingerprint density at radius 2 is 2.14 bits per heavy atom. The molecule has 1 unspecified atom stereocenters. The summed E-state index contributed by atoms with van der Waals surface area (Å²) < 4.78 is 0.603. The van der Waals surface area contributed by atoms with Crippen molar-refractivity contribution in [1.29, 1.82) is 0 Å². The minimum Gasteiger partial charge on any atom is -0.481 e. The summed E-state index contributed by atoms with van der Waals surface area (Å²) in [6, 6.07) is 3.48. The van der Waals surface area contributed by atoms with Crippen LogP contribution < -0.4 is 0 Å². The molecule has 0 aliphatic heterocycles. The number of hydrogen-bond donors (Lipinski definition) is 1. The summed E-state index contributed by atoms with van der Waals surface area (Å²) in [7, 11) is 0. The van der Waals surface area contributed by atoms with Crippen LogP contribution in [-0.4, -0.2) is 16.9 Å². The lowest BCUT2D eigenvalue weighted by molar-refractivity contribution is -0.137. The first-order chi connectivity index (χ1) is 9.97. The first-order valence-corrected chi connectivity index (χ1v) is 8.62. The minimum atomic E-state index is -0.781. The molecule has 21 heavy (non-hydrogen) atoms. The Bertz CT molecular complexity index is 729. The second-order valence-corrected chi connectivity index (χ2v) is 8.11. The Morgan fingerprint density at radius 1 is 1.38 bits per heavy atom. The van der Waals surface area contributed by atoms with Crippen molar-refractivity contribution in [3.05, 3.63) is 42.2 Å². The lowest BCUT2D eigenvalue weighted by atomic mass is 10.0. The van der Waals surface area contributed by atoms with Gasteiger partial charge in [-0.1, -0.05) is 11.6 Å². The summed E-state index contributed by atoms with van der Waals surface area (Å²) in [5, 5.41) is 8.99. The van der Waals surface area contributed by atoms with E-state index in [4.69, 9.17) is 16.7 Å². The van der Waals surface area contributed by atoms with E-state index in [-0.39, 0.29) is 18.1 Å².